The summed E-state index contributed by atoms with van der Waals surface area (Å²) in [5, 5.41) is 9.77. The number of amides is 3. The smallest absolute Gasteiger partial charge is 0.328 e. The van der Waals surface area contributed by atoms with E-state index in [2.05, 4.69) is 15.5 Å². The van der Waals surface area contributed by atoms with Crippen LogP contribution in [-0.4, -0.2) is 28.7 Å². The summed E-state index contributed by atoms with van der Waals surface area (Å²) >= 11 is 0. The van der Waals surface area contributed by atoms with Crippen molar-refractivity contribution in [3.63, 3.8) is 0 Å². The number of nitrogens with zero attached hydrogens (tertiary/aromatic N) is 2. The van der Waals surface area contributed by atoms with Crippen LogP contribution in [-0.2, 0) is 4.79 Å². The predicted molar refractivity (Wildman–Crippen MR) is 66.0 cm³/mol. The van der Waals surface area contributed by atoms with Gasteiger partial charge in [-0.1, -0.05) is 6.07 Å². The van der Waals surface area contributed by atoms with Crippen molar-refractivity contribution in [3.8, 4) is 0 Å². The Morgan fingerprint density at radius 1 is 1.33 bits per heavy atom. The highest BCUT2D eigenvalue weighted by Crippen LogP contribution is 2.28. The molecule has 1 saturated heterocycles. The number of nitrogen functional groups attached to an aromatic ring is 1. The number of benzene rings is 1. The summed E-state index contributed by atoms with van der Waals surface area (Å²) in [6, 6.07) is 4.99. The van der Waals surface area contributed by atoms with E-state index in [-0.39, 0.29) is 12.3 Å². The van der Waals surface area contributed by atoms with E-state index in [9.17, 15) is 9.59 Å². The first-order valence-electron chi connectivity index (χ1n) is 5.51. The number of hydrogen-bond donors (Lipinski definition) is 3. The minimum Gasteiger partial charge on any atom is -0.382 e. The molecule has 0 atom stereocenters. The Morgan fingerprint density at radius 2 is 2.17 bits per heavy atom. The fraction of sp³-hybridized carbons (Fsp3) is 0.182. The number of urea groups is 1. The summed E-state index contributed by atoms with van der Waals surface area (Å²) in [7, 11) is 0. The quantitative estimate of drug-likeness (QED) is 0.683. The van der Waals surface area contributed by atoms with Gasteiger partial charge in [0.15, 0.2) is 5.82 Å². The summed E-state index contributed by atoms with van der Waals surface area (Å²) in [5.74, 6) is 0.132. The number of nitrogens with two attached hydrogens (primary N) is 1. The molecule has 1 aliphatic heterocycles. The van der Waals surface area contributed by atoms with Crippen molar-refractivity contribution in [1.29, 1.82) is 0 Å². The molecule has 4 N–H and O–H groups in total. The van der Waals surface area contributed by atoms with Gasteiger partial charge in [-0.05, 0) is 12.1 Å². The van der Waals surface area contributed by atoms with E-state index in [1.54, 1.807) is 12.1 Å². The lowest BCUT2D eigenvalue weighted by atomic mass is 10.2. The van der Waals surface area contributed by atoms with Crippen molar-refractivity contribution in [2.24, 2.45) is 0 Å². The van der Waals surface area contributed by atoms with Crippen molar-refractivity contribution >= 4 is 34.3 Å². The molecule has 0 spiro atoms. The Bertz CT molecular complexity index is 648. The van der Waals surface area contributed by atoms with Gasteiger partial charge in [0, 0.05) is 18.4 Å². The first-order valence-corrected chi connectivity index (χ1v) is 5.51. The number of aromatic nitrogens is 2. The Balaban J connectivity index is 2.09. The third-order valence-electron chi connectivity index (χ3n) is 2.95. The molecule has 1 aliphatic rings. The summed E-state index contributed by atoms with van der Waals surface area (Å²) in [5.41, 5.74) is 7.08. The number of fused-ring (bicyclic) bond motifs is 1. The molecule has 3 amide bonds. The van der Waals surface area contributed by atoms with E-state index in [1.807, 2.05) is 6.07 Å². The van der Waals surface area contributed by atoms with Gasteiger partial charge in [0.25, 0.3) is 0 Å². The number of anilines is 2. The maximum Gasteiger partial charge on any atom is 0.328 e. The molecule has 92 valence electrons. The first kappa shape index (κ1) is 10.6. The second-order valence-corrected chi connectivity index (χ2v) is 4.06. The highest BCUT2D eigenvalue weighted by atomic mass is 16.2. The Morgan fingerprint density at radius 3 is 2.94 bits per heavy atom. The molecule has 18 heavy (non-hydrogen) atoms. The van der Waals surface area contributed by atoms with Gasteiger partial charge >= 0.3 is 6.03 Å². The summed E-state index contributed by atoms with van der Waals surface area (Å²) < 4.78 is 0. The Labute approximate surface area is 102 Å². The van der Waals surface area contributed by atoms with Crippen LogP contribution in [0.1, 0.15) is 6.42 Å². The number of rotatable bonds is 1. The molecule has 7 nitrogen and oxygen atoms in total. The predicted octanol–water partition coefficient (Wildman–Crippen LogP) is 0.591. The van der Waals surface area contributed by atoms with Gasteiger partial charge in [-0.3, -0.25) is 20.1 Å². The van der Waals surface area contributed by atoms with Crippen LogP contribution in [0.25, 0.3) is 10.9 Å². The third kappa shape index (κ3) is 1.48. The number of carbonyl (C=O) groups is 2. The van der Waals surface area contributed by atoms with Gasteiger partial charge in [-0.25, -0.2) is 4.79 Å². The zero-order valence-electron chi connectivity index (χ0n) is 9.43. The number of hydrogen-bond acceptors (Lipinski definition) is 4. The van der Waals surface area contributed by atoms with Gasteiger partial charge in [-0.15, -0.1) is 0 Å². The fourth-order valence-electron chi connectivity index (χ4n) is 2.07. The average molecular weight is 245 g/mol. The Hall–Kier alpha value is -2.57. The zero-order valence-corrected chi connectivity index (χ0v) is 9.43. The fourth-order valence-corrected chi connectivity index (χ4v) is 2.07. The molecule has 1 fully saturated rings. The molecule has 2 aromatic rings. The van der Waals surface area contributed by atoms with E-state index < -0.39 is 6.03 Å². The van der Waals surface area contributed by atoms with E-state index in [0.717, 1.165) is 5.39 Å². The maximum absolute atomic E-state index is 11.8. The van der Waals surface area contributed by atoms with Crippen molar-refractivity contribution in [2.45, 2.75) is 6.42 Å². The van der Waals surface area contributed by atoms with Crippen LogP contribution in [0.5, 0.6) is 0 Å². The lowest BCUT2D eigenvalue weighted by Gasteiger charge is -2.26. The second kappa shape index (κ2) is 3.73. The summed E-state index contributed by atoms with van der Waals surface area (Å²) in [4.78, 5) is 24.4. The largest absolute Gasteiger partial charge is 0.382 e. The molecule has 0 saturated carbocycles. The monoisotopic (exact) mass is 245 g/mol. The molecule has 0 unspecified atom stereocenters. The van der Waals surface area contributed by atoms with Crippen molar-refractivity contribution < 1.29 is 9.59 Å². The van der Waals surface area contributed by atoms with E-state index >= 15 is 0 Å². The first-order chi connectivity index (χ1) is 8.66. The highest BCUT2D eigenvalue weighted by Gasteiger charge is 2.26. The number of H-pyrrole nitrogens is 1. The zero-order chi connectivity index (χ0) is 12.7. The van der Waals surface area contributed by atoms with Crippen molar-refractivity contribution in [3.05, 3.63) is 18.2 Å². The molecule has 0 aliphatic carbocycles. The van der Waals surface area contributed by atoms with Crippen LogP contribution < -0.4 is 16.0 Å². The average Bonchev–Trinajstić information content (AvgIpc) is 2.72. The summed E-state index contributed by atoms with van der Waals surface area (Å²) in [6.07, 6.45) is 0.283. The number of imide groups is 1. The lowest BCUT2D eigenvalue weighted by molar-refractivity contribution is -0.120. The Kier molecular flexibility index (Phi) is 2.19. The lowest BCUT2D eigenvalue weighted by Crippen LogP contribution is -2.49. The molecule has 2 heterocycles. The molecule has 1 aromatic heterocycles. The molecular formula is C11H11N5O2. The molecule has 1 aromatic carbocycles. The standard InChI is InChI=1S/C11H11N5O2/c12-10-6-2-1-3-7(9(6)14-15-10)16-5-4-8(17)13-11(16)18/h1-3H,4-5H2,(H3,12,14,15)(H,13,17,18). The van der Waals surface area contributed by atoms with Crippen LogP contribution in [0, 0.1) is 0 Å². The van der Waals surface area contributed by atoms with E-state index in [0.29, 0.717) is 23.6 Å². The van der Waals surface area contributed by atoms with Gasteiger partial charge in [0.1, 0.15) is 0 Å². The van der Waals surface area contributed by atoms with E-state index in [4.69, 9.17) is 5.73 Å². The number of carbonyl (C=O) groups excluding carboxylic acids is 2. The highest BCUT2D eigenvalue weighted by molar-refractivity contribution is 6.10. The molecule has 0 radical (unpaired) electrons. The topological polar surface area (TPSA) is 104 Å². The number of nitrogens with one attached hydrogen (secondary N) is 2. The van der Waals surface area contributed by atoms with Crippen molar-refractivity contribution in [1.82, 2.24) is 15.5 Å². The normalized spacial score (nSPS) is 16.1. The SMILES string of the molecule is Nc1n[nH]c2c(N3CCC(=O)NC3=O)cccc12. The number of para-hydroxylation sites is 1. The van der Waals surface area contributed by atoms with E-state index in [1.165, 1.54) is 4.90 Å². The maximum atomic E-state index is 11.8. The van der Waals surface area contributed by atoms with Crippen LogP contribution in [0.2, 0.25) is 0 Å². The van der Waals surface area contributed by atoms with Crippen LogP contribution in [0.3, 0.4) is 0 Å². The van der Waals surface area contributed by atoms with Gasteiger partial charge in [-0.2, -0.15) is 5.10 Å². The third-order valence-corrected chi connectivity index (χ3v) is 2.95. The minimum atomic E-state index is -0.424. The van der Waals surface area contributed by atoms with Gasteiger partial charge < -0.3 is 5.73 Å². The van der Waals surface area contributed by atoms with Gasteiger partial charge in [0.2, 0.25) is 5.91 Å². The second-order valence-electron chi connectivity index (χ2n) is 4.06. The van der Waals surface area contributed by atoms with Gasteiger partial charge in [0.05, 0.1) is 11.2 Å². The van der Waals surface area contributed by atoms with Crippen LogP contribution in [0.4, 0.5) is 16.3 Å². The molecular weight excluding hydrogens is 234 g/mol. The molecule has 0 bridgehead atoms. The molecule has 7 heteroatoms. The molecule has 3 rings (SSSR count). The number of aromatic amines is 1. The minimum absolute atomic E-state index is 0.257. The summed E-state index contributed by atoms with van der Waals surface area (Å²) in [6.45, 7) is 0.350. The van der Waals surface area contributed by atoms with Crippen LogP contribution >= 0.6 is 0 Å². The van der Waals surface area contributed by atoms with Crippen LogP contribution in [0.15, 0.2) is 18.2 Å². The van der Waals surface area contributed by atoms with Crippen molar-refractivity contribution in [2.75, 3.05) is 17.2 Å².